The van der Waals surface area contributed by atoms with Crippen molar-refractivity contribution in [3.05, 3.63) is 59.2 Å². The Hall–Kier alpha value is -2.40. The first-order valence-electron chi connectivity index (χ1n) is 9.10. The van der Waals surface area contributed by atoms with Gasteiger partial charge in [-0.25, -0.2) is 13.6 Å². The largest absolute Gasteiger partial charge is 0.433 e. The first-order chi connectivity index (χ1) is 14.4. The Labute approximate surface area is 183 Å². The Kier molecular flexibility index (Phi) is 6.47. The molecule has 1 aromatic heterocycles. The molecule has 2 aromatic carbocycles. The Morgan fingerprint density at radius 3 is 2.06 bits per heavy atom. The highest BCUT2D eigenvalue weighted by molar-refractivity contribution is 7.89. The molecule has 3 aromatic rings. The maximum atomic E-state index is 14.2. The highest BCUT2D eigenvalue weighted by atomic mass is 35.5. The molecule has 0 aliphatic carbocycles. The van der Waals surface area contributed by atoms with Gasteiger partial charge in [0, 0.05) is 22.7 Å². The summed E-state index contributed by atoms with van der Waals surface area (Å²) >= 11 is 5.92. The number of alkyl halides is 3. The SMILES string of the molecule is CN(C)CCn1nc(-c2ccc(S(N)(=O)=O)cc2)c(-c2ccc(Cl)cc2)c1C(F)(F)F. The average molecular weight is 473 g/mol. The number of rotatable bonds is 6. The van der Waals surface area contributed by atoms with Crippen LogP contribution < -0.4 is 5.14 Å². The van der Waals surface area contributed by atoms with E-state index in [2.05, 4.69) is 5.10 Å². The van der Waals surface area contributed by atoms with Crippen LogP contribution in [-0.2, 0) is 22.7 Å². The summed E-state index contributed by atoms with van der Waals surface area (Å²) < 4.78 is 66.5. The maximum absolute atomic E-state index is 14.2. The van der Waals surface area contributed by atoms with E-state index in [9.17, 15) is 21.6 Å². The first-order valence-corrected chi connectivity index (χ1v) is 11.0. The van der Waals surface area contributed by atoms with Gasteiger partial charge in [0.2, 0.25) is 10.0 Å². The van der Waals surface area contributed by atoms with Crippen LogP contribution in [0.2, 0.25) is 5.02 Å². The zero-order chi connectivity index (χ0) is 23.0. The van der Waals surface area contributed by atoms with Gasteiger partial charge in [0.05, 0.1) is 11.4 Å². The number of nitrogens with two attached hydrogens (primary N) is 1. The molecule has 11 heteroatoms. The van der Waals surface area contributed by atoms with Gasteiger partial charge in [0.25, 0.3) is 0 Å². The van der Waals surface area contributed by atoms with E-state index >= 15 is 0 Å². The number of primary sulfonamides is 1. The number of likely N-dealkylation sites (N-methyl/N-ethyl adjacent to an activating group) is 1. The molecule has 0 fully saturated rings. The molecule has 0 saturated carbocycles. The van der Waals surface area contributed by atoms with Gasteiger partial charge in [0.15, 0.2) is 5.69 Å². The van der Waals surface area contributed by atoms with Crippen LogP contribution in [0.1, 0.15) is 5.69 Å². The lowest BCUT2D eigenvalue weighted by molar-refractivity contribution is -0.143. The van der Waals surface area contributed by atoms with Crippen LogP contribution in [0, 0.1) is 0 Å². The van der Waals surface area contributed by atoms with Crippen LogP contribution in [0.3, 0.4) is 0 Å². The number of halogens is 4. The summed E-state index contributed by atoms with van der Waals surface area (Å²) in [5, 5.41) is 9.77. The van der Waals surface area contributed by atoms with Gasteiger partial charge >= 0.3 is 6.18 Å². The molecule has 0 aliphatic heterocycles. The van der Waals surface area contributed by atoms with Gasteiger partial charge in [-0.3, -0.25) is 4.68 Å². The van der Waals surface area contributed by atoms with Gasteiger partial charge in [-0.1, -0.05) is 35.9 Å². The van der Waals surface area contributed by atoms with Crippen molar-refractivity contribution in [1.29, 1.82) is 0 Å². The van der Waals surface area contributed by atoms with Crippen LogP contribution in [0.15, 0.2) is 53.4 Å². The van der Waals surface area contributed by atoms with Gasteiger partial charge in [-0.2, -0.15) is 18.3 Å². The van der Waals surface area contributed by atoms with E-state index in [0.717, 1.165) is 4.68 Å². The maximum Gasteiger partial charge on any atom is 0.433 e. The second-order valence-corrected chi connectivity index (χ2v) is 9.17. The molecule has 0 spiro atoms. The Balaban J connectivity index is 2.27. The zero-order valence-electron chi connectivity index (χ0n) is 16.7. The molecule has 3 rings (SSSR count). The third-order valence-electron chi connectivity index (χ3n) is 4.57. The normalized spacial score (nSPS) is 12.5. The monoisotopic (exact) mass is 472 g/mol. The lowest BCUT2D eigenvalue weighted by Crippen LogP contribution is -2.23. The fourth-order valence-electron chi connectivity index (χ4n) is 3.10. The second kappa shape index (κ2) is 8.62. The lowest BCUT2D eigenvalue weighted by atomic mass is 9.98. The molecule has 0 atom stereocenters. The highest BCUT2D eigenvalue weighted by Crippen LogP contribution is 2.43. The summed E-state index contributed by atoms with van der Waals surface area (Å²) in [5.41, 5.74) is -0.298. The summed E-state index contributed by atoms with van der Waals surface area (Å²) in [5.74, 6) is 0. The first kappa shape index (κ1) is 23.3. The van der Waals surface area contributed by atoms with Crippen LogP contribution in [-0.4, -0.2) is 43.7 Å². The highest BCUT2D eigenvalue weighted by Gasteiger charge is 2.40. The van der Waals surface area contributed by atoms with Crippen molar-refractivity contribution in [2.75, 3.05) is 20.6 Å². The topological polar surface area (TPSA) is 81.2 Å². The Morgan fingerprint density at radius 1 is 1.03 bits per heavy atom. The molecule has 0 saturated heterocycles. The van der Waals surface area contributed by atoms with Gasteiger partial charge in [0.1, 0.15) is 5.69 Å². The third kappa shape index (κ3) is 5.27. The smallest absolute Gasteiger partial charge is 0.308 e. The van der Waals surface area contributed by atoms with Crippen molar-refractivity contribution < 1.29 is 21.6 Å². The summed E-state index contributed by atoms with van der Waals surface area (Å²) in [4.78, 5) is 1.61. The van der Waals surface area contributed by atoms with E-state index in [1.54, 1.807) is 19.0 Å². The van der Waals surface area contributed by atoms with Crippen LogP contribution in [0.4, 0.5) is 13.2 Å². The fraction of sp³-hybridized carbons (Fsp3) is 0.250. The number of benzene rings is 2. The average Bonchev–Trinajstić information content (AvgIpc) is 3.06. The molecule has 31 heavy (non-hydrogen) atoms. The van der Waals surface area contributed by atoms with E-state index in [4.69, 9.17) is 16.7 Å². The molecule has 0 unspecified atom stereocenters. The summed E-state index contributed by atoms with van der Waals surface area (Å²) in [6.45, 7) is 0.353. The quantitative estimate of drug-likeness (QED) is 0.585. The molecular formula is C20H20ClF3N4O2S. The number of hydrogen-bond acceptors (Lipinski definition) is 4. The van der Waals surface area contributed by atoms with E-state index in [-0.39, 0.29) is 22.7 Å². The van der Waals surface area contributed by atoms with Crippen molar-refractivity contribution in [3.8, 4) is 22.4 Å². The zero-order valence-corrected chi connectivity index (χ0v) is 18.3. The molecule has 2 N–H and O–H groups in total. The predicted molar refractivity (Wildman–Crippen MR) is 113 cm³/mol. The van der Waals surface area contributed by atoms with E-state index in [1.807, 2.05) is 0 Å². The summed E-state index contributed by atoms with van der Waals surface area (Å²) in [6.07, 6.45) is -4.67. The molecule has 0 bridgehead atoms. The lowest BCUT2D eigenvalue weighted by Gasteiger charge is -2.15. The van der Waals surface area contributed by atoms with Crippen molar-refractivity contribution >= 4 is 21.6 Å². The fourth-order valence-corrected chi connectivity index (χ4v) is 3.74. The molecule has 0 radical (unpaired) electrons. The van der Waals surface area contributed by atoms with E-state index < -0.39 is 21.9 Å². The Morgan fingerprint density at radius 2 is 1.58 bits per heavy atom. The molecule has 0 amide bonds. The van der Waals surface area contributed by atoms with Crippen molar-refractivity contribution in [2.45, 2.75) is 17.6 Å². The minimum atomic E-state index is -4.67. The van der Waals surface area contributed by atoms with Gasteiger partial charge < -0.3 is 4.90 Å². The van der Waals surface area contributed by atoms with E-state index in [0.29, 0.717) is 22.7 Å². The summed E-state index contributed by atoms with van der Waals surface area (Å²) in [7, 11) is -0.431. The summed E-state index contributed by atoms with van der Waals surface area (Å²) in [6, 6.07) is 11.2. The van der Waals surface area contributed by atoms with Crippen molar-refractivity contribution in [1.82, 2.24) is 14.7 Å². The van der Waals surface area contributed by atoms with Gasteiger partial charge in [-0.05, 0) is 43.9 Å². The van der Waals surface area contributed by atoms with E-state index in [1.165, 1.54) is 48.5 Å². The second-order valence-electron chi connectivity index (χ2n) is 7.17. The predicted octanol–water partition coefficient (Wildman–Crippen LogP) is 4.10. The minimum absolute atomic E-state index is 0.0116. The minimum Gasteiger partial charge on any atom is -0.308 e. The third-order valence-corrected chi connectivity index (χ3v) is 5.75. The number of nitrogens with zero attached hydrogens (tertiary/aromatic N) is 3. The standard InChI is InChI=1S/C20H20ClF3N4O2S/c1-27(2)11-12-28-19(20(22,23)24)17(13-3-7-15(21)8-4-13)18(26-28)14-5-9-16(10-6-14)31(25,29)30/h3-10H,11-12H2,1-2H3,(H2,25,29,30). The van der Waals surface area contributed by atoms with Crippen LogP contribution >= 0.6 is 11.6 Å². The number of aromatic nitrogens is 2. The number of hydrogen-bond donors (Lipinski definition) is 1. The van der Waals surface area contributed by atoms with Crippen LogP contribution in [0.25, 0.3) is 22.4 Å². The molecule has 1 heterocycles. The number of sulfonamides is 1. The van der Waals surface area contributed by atoms with Gasteiger partial charge in [-0.15, -0.1) is 0 Å². The van der Waals surface area contributed by atoms with Crippen LogP contribution in [0.5, 0.6) is 0 Å². The molecule has 6 nitrogen and oxygen atoms in total. The molecule has 166 valence electrons. The Bertz CT molecular complexity index is 1170. The van der Waals surface area contributed by atoms with Crippen molar-refractivity contribution in [2.24, 2.45) is 5.14 Å². The van der Waals surface area contributed by atoms with Crippen molar-refractivity contribution in [3.63, 3.8) is 0 Å². The molecule has 0 aliphatic rings. The molecular weight excluding hydrogens is 453 g/mol.